The Balaban J connectivity index is 1.71. The summed E-state index contributed by atoms with van der Waals surface area (Å²) < 4.78 is 5.80. The number of hydrogen-bond donors (Lipinski definition) is 1. The van der Waals surface area contributed by atoms with Crippen molar-refractivity contribution in [1.29, 1.82) is 0 Å². The quantitative estimate of drug-likeness (QED) is 0.910. The average Bonchev–Trinajstić information content (AvgIpc) is 3.05. The van der Waals surface area contributed by atoms with Gasteiger partial charge in [-0.1, -0.05) is 30.3 Å². The van der Waals surface area contributed by atoms with E-state index in [4.69, 9.17) is 4.74 Å². The number of para-hydroxylation sites is 1. The summed E-state index contributed by atoms with van der Waals surface area (Å²) in [5.41, 5.74) is 1.15. The van der Waals surface area contributed by atoms with Crippen LogP contribution in [-0.2, 0) is 0 Å². The second kappa shape index (κ2) is 6.74. The predicted octanol–water partition coefficient (Wildman–Crippen LogP) is 3.61. The summed E-state index contributed by atoms with van der Waals surface area (Å²) >= 11 is 0. The molecule has 3 nitrogen and oxygen atoms in total. The smallest absolute Gasteiger partial charge is 0.127 e. The van der Waals surface area contributed by atoms with Crippen LogP contribution in [0.15, 0.2) is 54.6 Å². The zero-order valence-corrected chi connectivity index (χ0v) is 12.1. The number of ether oxygens (including phenoxy) is 1. The van der Waals surface area contributed by atoms with Gasteiger partial charge in [-0.05, 0) is 55.8 Å². The Morgan fingerprint density at radius 3 is 2.14 bits per heavy atom. The van der Waals surface area contributed by atoms with Crippen LogP contribution in [0.1, 0.15) is 24.4 Å². The van der Waals surface area contributed by atoms with Crippen LogP contribution in [0.2, 0.25) is 0 Å². The summed E-state index contributed by atoms with van der Waals surface area (Å²) in [6.45, 7) is 2.32. The lowest BCUT2D eigenvalue weighted by Crippen LogP contribution is -2.28. The van der Waals surface area contributed by atoms with Crippen molar-refractivity contribution in [3.05, 3.63) is 60.2 Å². The highest BCUT2D eigenvalue weighted by Crippen LogP contribution is 2.27. The van der Waals surface area contributed by atoms with Gasteiger partial charge in [0.1, 0.15) is 11.5 Å². The first-order valence-corrected chi connectivity index (χ1v) is 7.54. The molecule has 0 radical (unpaired) electrons. The van der Waals surface area contributed by atoms with Gasteiger partial charge in [-0.3, -0.25) is 4.90 Å². The lowest BCUT2D eigenvalue weighted by atomic mass is 10.1. The third-order valence-electron chi connectivity index (χ3n) is 4.00. The molecular weight excluding hydrogens is 262 g/mol. The highest BCUT2D eigenvalue weighted by atomic mass is 16.5. The number of rotatable bonds is 5. The minimum atomic E-state index is 0.110. The zero-order chi connectivity index (χ0) is 14.5. The second-order valence-electron chi connectivity index (χ2n) is 5.43. The molecule has 1 aliphatic rings. The topological polar surface area (TPSA) is 32.7 Å². The molecule has 1 fully saturated rings. The van der Waals surface area contributed by atoms with Crippen LogP contribution in [0.3, 0.4) is 0 Å². The van der Waals surface area contributed by atoms with Crippen molar-refractivity contribution >= 4 is 0 Å². The van der Waals surface area contributed by atoms with Gasteiger partial charge in [0, 0.05) is 0 Å². The van der Waals surface area contributed by atoms with Gasteiger partial charge in [-0.25, -0.2) is 0 Å². The van der Waals surface area contributed by atoms with Crippen molar-refractivity contribution in [3.63, 3.8) is 0 Å². The van der Waals surface area contributed by atoms with Crippen molar-refractivity contribution in [2.24, 2.45) is 0 Å². The van der Waals surface area contributed by atoms with E-state index in [9.17, 15) is 5.11 Å². The van der Waals surface area contributed by atoms with E-state index in [2.05, 4.69) is 17.0 Å². The fourth-order valence-electron chi connectivity index (χ4n) is 2.87. The first-order chi connectivity index (χ1) is 10.4. The van der Waals surface area contributed by atoms with Crippen molar-refractivity contribution < 1.29 is 9.84 Å². The Kier molecular flexibility index (Phi) is 4.53. The van der Waals surface area contributed by atoms with Crippen LogP contribution in [0.5, 0.6) is 11.5 Å². The molecule has 1 saturated heterocycles. The highest BCUT2D eigenvalue weighted by molar-refractivity contribution is 5.34. The van der Waals surface area contributed by atoms with E-state index in [0.717, 1.165) is 30.2 Å². The van der Waals surface area contributed by atoms with E-state index >= 15 is 0 Å². The molecule has 1 heterocycles. The maximum absolute atomic E-state index is 9.67. The number of nitrogens with zero attached hydrogens (tertiary/aromatic N) is 1. The standard InChI is InChI=1S/C18H21NO2/c20-14-18(19-12-4-5-13-19)15-8-10-17(11-9-15)21-16-6-2-1-3-7-16/h1-3,6-11,18,20H,4-5,12-14H2. The molecule has 1 N–H and O–H groups in total. The molecule has 2 aromatic rings. The molecule has 3 rings (SSSR count). The average molecular weight is 283 g/mol. The maximum atomic E-state index is 9.67. The fourth-order valence-corrected chi connectivity index (χ4v) is 2.87. The van der Waals surface area contributed by atoms with E-state index < -0.39 is 0 Å². The molecule has 0 spiro atoms. The Bertz CT molecular complexity index is 547. The van der Waals surface area contributed by atoms with Gasteiger partial charge in [-0.15, -0.1) is 0 Å². The van der Waals surface area contributed by atoms with Crippen molar-refractivity contribution in [2.75, 3.05) is 19.7 Å². The van der Waals surface area contributed by atoms with Gasteiger partial charge in [-0.2, -0.15) is 0 Å². The Morgan fingerprint density at radius 1 is 0.905 bits per heavy atom. The van der Waals surface area contributed by atoms with Crippen LogP contribution >= 0.6 is 0 Å². The zero-order valence-electron chi connectivity index (χ0n) is 12.1. The van der Waals surface area contributed by atoms with Crippen LogP contribution in [0.4, 0.5) is 0 Å². The molecule has 1 aliphatic heterocycles. The minimum Gasteiger partial charge on any atom is -0.457 e. The molecule has 110 valence electrons. The molecule has 1 atom stereocenters. The van der Waals surface area contributed by atoms with E-state index in [0.29, 0.717) is 0 Å². The summed E-state index contributed by atoms with van der Waals surface area (Å²) in [5.74, 6) is 1.66. The van der Waals surface area contributed by atoms with E-state index in [-0.39, 0.29) is 12.6 Å². The molecule has 3 heteroatoms. The number of benzene rings is 2. The van der Waals surface area contributed by atoms with Gasteiger partial charge in [0.2, 0.25) is 0 Å². The van der Waals surface area contributed by atoms with Gasteiger partial charge >= 0.3 is 0 Å². The first-order valence-electron chi connectivity index (χ1n) is 7.54. The molecule has 0 aromatic heterocycles. The molecule has 0 aliphatic carbocycles. The van der Waals surface area contributed by atoms with Crippen LogP contribution < -0.4 is 4.74 Å². The van der Waals surface area contributed by atoms with Crippen molar-refractivity contribution in [3.8, 4) is 11.5 Å². The Hall–Kier alpha value is -1.84. The van der Waals surface area contributed by atoms with Gasteiger partial charge in [0.05, 0.1) is 12.6 Å². The molecule has 1 unspecified atom stereocenters. The largest absolute Gasteiger partial charge is 0.457 e. The van der Waals surface area contributed by atoms with Crippen LogP contribution in [0.25, 0.3) is 0 Å². The summed E-state index contributed by atoms with van der Waals surface area (Å²) in [4.78, 5) is 2.35. The number of hydrogen-bond acceptors (Lipinski definition) is 3. The lowest BCUT2D eigenvalue weighted by Gasteiger charge is -2.26. The summed E-state index contributed by atoms with van der Waals surface area (Å²) in [6, 6.07) is 17.9. The number of aliphatic hydroxyl groups is 1. The predicted molar refractivity (Wildman–Crippen MR) is 83.6 cm³/mol. The normalized spacial score (nSPS) is 16.8. The summed E-state index contributed by atoms with van der Waals surface area (Å²) in [7, 11) is 0. The Morgan fingerprint density at radius 2 is 1.52 bits per heavy atom. The number of aliphatic hydroxyl groups excluding tert-OH is 1. The minimum absolute atomic E-state index is 0.110. The summed E-state index contributed by atoms with van der Waals surface area (Å²) in [5, 5.41) is 9.67. The molecular formula is C18H21NO2. The third-order valence-corrected chi connectivity index (χ3v) is 4.00. The molecule has 0 amide bonds. The SMILES string of the molecule is OCC(c1ccc(Oc2ccccc2)cc1)N1CCCC1. The highest BCUT2D eigenvalue weighted by Gasteiger charge is 2.22. The number of likely N-dealkylation sites (tertiary alicyclic amines) is 1. The van der Waals surface area contributed by atoms with Gasteiger partial charge in [0.25, 0.3) is 0 Å². The van der Waals surface area contributed by atoms with E-state index in [1.165, 1.54) is 12.8 Å². The van der Waals surface area contributed by atoms with Crippen molar-refractivity contribution in [2.45, 2.75) is 18.9 Å². The first kappa shape index (κ1) is 14.1. The summed E-state index contributed by atoms with van der Waals surface area (Å²) in [6.07, 6.45) is 2.46. The second-order valence-corrected chi connectivity index (χ2v) is 5.43. The van der Waals surface area contributed by atoms with Gasteiger partial charge in [0.15, 0.2) is 0 Å². The van der Waals surface area contributed by atoms with Crippen LogP contribution in [-0.4, -0.2) is 29.7 Å². The lowest BCUT2D eigenvalue weighted by molar-refractivity contribution is 0.147. The molecule has 21 heavy (non-hydrogen) atoms. The van der Waals surface area contributed by atoms with Crippen LogP contribution in [0, 0.1) is 0 Å². The maximum Gasteiger partial charge on any atom is 0.127 e. The molecule has 0 saturated carbocycles. The van der Waals surface area contributed by atoms with Gasteiger partial charge < -0.3 is 9.84 Å². The molecule has 2 aromatic carbocycles. The monoisotopic (exact) mass is 283 g/mol. The van der Waals surface area contributed by atoms with E-state index in [1.807, 2.05) is 42.5 Å². The third kappa shape index (κ3) is 3.43. The van der Waals surface area contributed by atoms with E-state index in [1.54, 1.807) is 0 Å². The fraction of sp³-hybridized carbons (Fsp3) is 0.333. The molecule has 0 bridgehead atoms. The Labute approximate surface area is 125 Å². The van der Waals surface area contributed by atoms with Crippen molar-refractivity contribution in [1.82, 2.24) is 4.90 Å².